The molecule has 90 valence electrons. The Morgan fingerprint density at radius 2 is 1.67 bits per heavy atom. The van der Waals surface area contributed by atoms with E-state index >= 15 is 0 Å². The van der Waals surface area contributed by atoms with E-state index in [0.29, 0.717) is 11.1 Å². The molecule has 0 aromatic rings. The van der Waals surface area contributed by atoms with Crippen molar-refractivity contribution in [1.29, 1.82) is 0 Å². The van der Waals surface area contributed by atoms with Gasteiger partial charge in [-0.05, 0) is 53.0 Å². The highest BCUT2D eigenvalue weighted by Crippen LogP contribution is 2.42. The Morgan fingerprint density at radius 1 is 1.13 bits per heavy atom. The van der Waals surface area contributed by atoms with Crippen LogP contribution in [0.15, 0.2) is 0 Å². The summed E-state index contributed by atoms with van der Waals surface area (Å²) in [7, 11) is 0. The highest BCUT2D eigenvalue weighted by Gasteiger charge is 2.45. The van der Waals surface area contributed by atoms with Gasteiger partial charge in [0.05, 0.1) is 0 Å². The molecule has 0 aromatic carbocycles. The van der Waals surface area contributed by atoms with Crippen LogP contribution in [0.5, 0.6) is 0 Å². The lowest BCUT2D eigenvalue weighted by molar-refractivity contribution is -0.0620. The monoisotopic (exact) mass is 227 g/mol. The van der Waals surface area contributed by atoms with E-state index in [4.69, 9.17) is 0 Å². The van der Waals surface area contributed by atoms with Crippen molar-refractivity contribution in [2.24, 2.45) is 5.92 Å². The number of hydrogen-bond acceptors (Lipinski definition) is 1. The first-order chi connectivity index (χ1) is 6.36. The molecule has 0 amide bonds. The van der Waals surface area contributed by atoms with Crippen molar-refractivity contribution in [1.82, 2.24) is 4.90 Å². The van der Waals surface area contributed by atoms with Crippen molar-refractivity contribution < 1.29 is 0 Å². The molecule has 0 bridgehead atoms. The number of piperidine rings is 1. The van der Waals surface area contributed by atoms with Gasteiger partial charge in [0.2, 0.25) is 0 Å². The van der Waals surface area contributed by atoms with Crippen LogP contribution in [-0.2, 0) is 0 Å². The van der Waals surface area contributed by atoms with E-state index in [1.807, 2.05) is 0 Å². The van der Waals surface area contributed by atoms with Gasteiger partial charge in [-0.1, -0.05) is 20.3 Å². The van der Waals surface area contributed by atoms with Crippen molar-refractivity contribution in [2.75, 3.05) is 6.54 Å². The van der Waals surface area contributed by atoms with Gasteiger partial charge in [-0.2, -0.15) is 0 Å². The zero-order valence-electron chi connectivity index (χ0n) is 10.9. The summed E-state index contributed by atoms with van der Waals surface area (Å²) in [6, 6.07) is 0. The molecule has 1 atom stereocenters. The smallest absolute Gasteiger partial charge is 0.187 e. The Bertz CT molecular complexity index is 199. The van der Waals surface area contributed by atoms with Gasteiger partial charge in [0, 0.05) is 11.1 Å². The predicted octanol–water partition coefficient (Wildman–Crippen LogP) is 2.50. The van der Waals surface area contributed by atoms with Gasteiger partial charge >= 0.3 is 0 Å². The SMILES string of the molecule is CCC1CCC(C)(C)N(CC)C1(C)C.[AlH3]. The quantitative estimate of drug-likeness (QED) is 0.655. The van der Waals surface area contributed by atoms with E-state index in [1.54, 1.807) is 0 Å². The van der Waals surface area contributed by atoms with Crippen molar-refractivity contribution in [3.05, 3.63) is 0 Å². The van der Waals surface area contributed by atoms with Crippen molar-refractivity contribution in [3.8, 4) is 0 Å². The molecule has 15 heavy (non-hydrogen) atoms. The summed E-state index contributed by atoms with van der Waals surface area (Å²) >= 11 is 0. The second-order valence-corrected chi connectivity index (χ2v) is 5.85. The van der Waals surface area contributed by atoms with Crippen LogP contribution in [0.4, 0.5) is 0 Å². The first-order valence-corrected chi connectivity index (χ1v) is 6.14. The molecule has 1 aliphatic heterocycles. The normalized spacial score (nSPS) is 29.6. The van der Waals surface area contributed by atoms with Crippen LogP contribution in [0.1, 0.15) is 60.8 Å². The van der Waals surface area contributed by atoms with Crippen molar-refractivity contribution >= 4 is 17.4 Å². The van der Waals surface area contributed by atoms with E-state index in [-0.39, 0.29) is 17.4 Å². The fourth-order valence-electron chi connectivity index (χ4n) is 3.56. The number of likely N-dealkylation sites (tertiary alicyclic amines) is 1. The first kappa shape index (κ1) is 15.5. The van der Waals surface area contributed by atoms with Gasteiger partial charge in [0.15, 0.2) is 17.4 Å². The molecule has 0 radical (unpaired) electrons. The molecule has 1 unspecified atom stereocenters. The molecule has 1 nitrogen and oxygen atoms in total. The average molecular weight is 227 g/mol. The third kappa shape index (κ3) is 2.79. The van der Waals surface area contributed by atoms with Crippen LogP contribution in [0.25, 0.3) is 0 Å². The summed E-state index contributed by atoms with van der Waals surface area (Å²) in [5, 5.41) is 0. The molecule has 1 saturated heterocycles. The second kappa shape index (κ2) is 5.21. The Kier molecular flexibility index (Phi) is 5.39. The summed E-state index contributed by atoms with van der Waals surface area (Å²) < 4.78 is 0. The minimum absolute atomic E-state index is 0. The van der Waals surface area contributed by atoms with Crippen LogP contribution in [-0.4, -0.2) is 39.9 Å². The molecule has 0 N–H and O–H groups in total. The molecule has 0 aliphatic carbocycles. The maximum absolute atomic E-state index is 2.69. The average Bonchev–Trinajstić information content (AvgIpc) is 2.02. The lowest BCUT2D eigenvalue weighted by Gasteiger charge is -2.56. The van der Waals surface area contributed by atoms with Crippen molar-refractivity contribution in [2.45, 2.75) is 71.9 Å². The van der Waals surface area contributed by atoms with Gasteiger partial charge in [0.25, 0.3) is 0 Å². The zero-order chi connectivity index (χ0) is 11.0. The van der Waals surface area contributed by atoms with Gasteiger partial charge in [0.1, 0.15) is 0 Å². The molecule has 1 aliphatic rings. The number of nitrogens with zero attached hydrogens (tertiary/aromatic N) is 1. The standard InChI is InChI=1S/C13H27N.Al.3H/c1-7-11-9-10-12(3,4)14(8-2)13(11,5)6;;;;/h11H,7-10H2,1-6H3;;;;. The maximum Gasteiger partial charge on any atom is 0.187 e. The van der Waals surface area contributed by atoms with E-state index in [0.717, 1.165) is 5.92 Å². The van der Waals surface area contributed by atoms with E-state index in [2.05, 4.69) is 46.4 Å². The highest BCUT2D eigenvalue weighted by atomic mass is 27.0. The third-order valence-electron chi connectivity index (χ3n) is 4.34. The number of rotatable bonds is 2. The summed E-state index contributed by atoms with van der Waals surface area (Å²) in [4.78, 5) is 2.69. The highest BCUT2D eigenvalue weighted by molar-refractivity contribution is 5.75. The lowest BCUT2D eigenvalue weighted by Crippen LogP contribution is -2.62. The van der Waals surface area contributed by atoms with Gasteiger partial charge < -0.3 is 0 Å². The second-order valence-electron chi connectivity index (χ2n) is 5.85. The van der Waals surface area contributed by atoms with Crippen LogP contribution in [0.3, 0.4) is 0 Å². The predicted molar refractivity (Wildman–Crippen MR) is 73.5 cm³/mol. The summed E-state index contributed by atoms with van der Waals surface area (Å²) in [5.74, 6) is 0.871. The van der Waals surface area contributed by atoms with Gasteiger partial charge in [-0.25, -0.2) is 0 Å². The third-order valence-corrected chi connectivity index (χ3v) is 4.34. The van der Waals surface area contributed by atoms with Crippen LogP contribution >= 0.6 is 0 Å². The Balaban J connectivity index is 0.00000196. The Hall–Kier alpha value is 0.492. The molecular formula is C13H30AlN. The molecule has 0 aromatic heterocycles. The summed E-state index contributed by atoms with van der Waals surface area (Å²) in [5.41, 5.74) is 0.773. The molecular weight excluding hydrogens is 197 g/mol. The van der Waals surface area contributed by atoms with Crippen LogP contribution in [0, 0.1) is 5.92 Å². The van der Waals surface area contributed by atoms with Crippen molar-refractivity contribution in [3.63, 3.8) is 0 Å². The molecule has 2 heteroatoms. The molecule has 0 saturated carbocycles. The molecule has 1 fully saturated rings. The lowest BCUT2D eigenvalue weighted by atomic mass is 9.71. The fraction of sp³-hybridized carbons (Fsp3) is 1.00. The van der Waals surface area contributed by atoms with Gasteiger partial charge in [-0.3, -0.25) is 4.90 Å². The molecule has 1 rings (SSSR count). The van der Waals surface area contributed by atoms with E-state index in [9.17, 15) is 0 Å². The zero-order valence-corrected chi connectivity index (χ0v) is 10.9. The van der Waals surface area contributed by atoms with Crippen LogP contribution < -0.4 is 0 Å². The Morgan fingerprint density at radius 3 is 2.07 bits per heavy atom. The summed E-state index contributed by atoms with van der Waals surface area (Å²) in [6.45, 7) is 15.4. The minimum Gasteiger partial charge on any atom is -0.293 e. The fourth-order valence-corrected chi connectivity index (χ4v) is 3.56. The topological polar surface area (TPSA) is 3.24 Å². The number of hydrogen-bond donors (Lipinski definition) is 0. The first-order valence-electron chi connectivity index (χ1n) is 6.14. The Labute approximate surface area is 107 Å². The van der Waals surface area contributed by atoms with Gasteiger partial charge in [-0.15, -0.1) is 0 Å². The minimum atomic E-state index is 0. The van der Waals surface area contributed by atoms with E-state index in [1.165, 1.54) is 25.8 Å². The molecule has 1 heterocycles. The molecule has 0 spiro atoms. The van der Waals surface area contributed by atoms with E-state index < -0.39 is 0 Å². The summed E-state index contributed by atoms with van der Waals surface area (Å²) in [6.07, 6.45) is 4.06. The maximum atomic E-state index is 2.69. The largest absolute Gasteiger partial charge is 0.293 e. The van der Waals surface area contributed by atoms with Crippen LogP contribution in [0.2, 0.25) is 0 Å².